The molecular weight excluding hydrogens is 278 g/mol. The zero-order valence-electron chi connectivity index (χ0n) is 13.6. The molecule has 5 nitrogen and oxygen atoms in total. The van der Waals surface area contributed by atoms with Crippen molar-refractivity contribution in [3.05, 3.63) is 34.9 Å². The van der Waals surface area contributed by atoms with Crippen LogP contribution in [0.15, 0.2) is 18.2 Å². The number of primary amides is 1. The number of rotatable bonds is 3. The molecule has 3 N–H and O–H groups in total. The van der Waals surface area contributed by atoms with Gasteiger partial charge in [0.15, 0.2) is 0 Å². The van der Waals surface area contributed by atoms with Crippen molar-refractivity contribution in [2.24, 2.45) is 5.73 Å². The molecule has 0 aromatic heterocycles. The molecule has 5 heteroatoms. The largest absolute Gasteiger partial charge is 0.352 e. The number of nitrogens with zero attached hydrogens (tertiary/aromatic N) is 1. The Morgan fingerprint density at radius 2 is 2.05 bits per heavy atom. The van der Waals surface area contributed by atoms with Crippen LogP contribution in [-0.2, 0) is 4.79 Å². The minimum absolute atomic E-state index is 0.0654. The van der Waals surface area contributed by atoms with Crippen molar-refractivity contribution in [1.29, 1.82) is 0 Å². The normalized spacial score (nSPS) is 19.6. The summed E-state index contributed by atoms with van der Waals surface area (Å²) in [7, 11) is 0. The van der Waals surface area contributed by atoms with Gasteiger partial charge in [-0.2, -0.15) is 0 Å². The Balaban J connectivity index is 2.26. The maximum absolute atomic E-state index is 12.7. The first-order valence-corrected chi connectivity index (χ1v) is 7.84. The molecule has 3 amide bonds. The summed E-state index contributed by atoms with van der Waals surface area (Å²) in [5.74, 6) is -0.0654. The Kier molecular flexibility index (Phi) is 5.06. The summed E-state index contributed by atoms with van der Waals surface area (Å²) in [6, 6.07) is 5.05. The summed E-state index contributed by atoms with van der Waals surface area (Å²) >= 11 is 0. The quantitative estimate of drug-likeness (QED) is 0.899. The molecule has 1 aliphatic heterocycles. The van der Waals surface area contributed by atoms with E-state index in [1.165, 1.54) is 16.7 Å². The Labute approximate surface area is 131 Å². The third-order valence-corrected chi connectivity index (χ3v) is 4.52. The summed E-state index contributed by atoms with van der Waals surface area (Å²) in [4.78, 5) is 25.6. The first kappa shape index (κ1) is 16.3. The predicted molar refractivity (Wildman–Crippen MR) is 86.4 cm³/mol. The monoisotopic (exact) mass is 303 g/mol. The van der Waals surface area contributed by atoms with Crippen molar-refractivity contribution in [2.45, 2.75) is 52.1 Å². The van der Waals surface area contributed by atoms with E-state index in [0.29, 0.717) is 0 Å². The Morgan fingerprint density at radius 1 is 1.32 bits per heavy atom. The smallest absolute Gasteiger partial charge is 0.312 e. The van der Waals surface area contributed by atoms with Crippen LogP contribution in [0.25, 0.3) is 0 Å². The third kappa shape index (κ3) is 3.40. The van der Waals surface area contributed by atoms with Crippen molar-refractivity contribution in [1.82, 2.24) is 10.2 Å². The van der Waals surface area contributed by atoms with E-state index < -0.39 is 12.1 Å². The van der Waals surface area contributed by atoms with Gasteiger partial charge in [-0.25, -0.2) is 4.79 Å². The molecule has 2 rings (SSSR count). The van der Waals surface area contributed by atoms with Gasteiger partial charge in [-0.1, -0.05) is 18.2 Å². The van der Waals surface area contributed by atoms with Gasteiger partial charge in [-0.05, 0) is 56.7 Å². The first-order chi connectivity index (χ1) is 10.4. The highest BCUT2D eigenvalue weighted by molar-refractivity contribution is 5.86. The van der Waals surface area contributed by atoms with Crippen LogP contribution in [0.3, 0.4) is 0 Å². The molecule has 0 saturated carbocycles. The van der Waals surface area contributed by atoms with Crippen molar-refractivity contribution in [3.8, 4) is 0 Å². The fourth-order valence-corrected chi connectivity index (χ4v) is 3.18. The fraction of sp³-hybridized carbons (Fsp3) is 0.529. The van der Waals surface area contributed by atoms with Crippen molar-refractivity contribution in [3.63, 3.8) is 0 Å². The minimum Gasteiger partial charge on any atom is -0.352 e. The van der Waals surface area contributed by atoms with Gasteiger partial charge in [0.2, 0.25) is 5.91 Å². The second-order valence-corrected chi connectivity index (χ2v) is 6.06. The highest BCUT2D eigenvalue weighted by Gasteiger charge is 2.31. The number of benzene rings is 1. The average Bonchev–Trinajstić information content (AvgIpc) is 2.48. The lowest BCUT2D eigenvalue weighted by Crippen LogP contribution is -2.50. The van der Waals surface area contributed by atoms with Crippen LogP contribution in [0.2, 0.25) is 0 Å². The van der Waals surface area contributed by atoms with Crippen LogP contribution >= 0.6 is 0 Å². The van der Waals surface area contributed by atoms with E-state index in [4.69, 9.17) is 5.73 Å². The molecule has 0 aliphatic carbocycles. The number of carbonyl (C=O) groups excluding carboxylic acids is 2. The molecule has 1 aromatic carbocycles. The van der Waals surface area contributed by atoms with Crippen LogP contribution in [0.1, 0.15) is 48.9 Å². The van der Waals surface area contributed by atoms with Gasteiger partial charge < -0.3 is 16.0 Å². The summed E-state index contributed by atoms with van der Waals surface area (Å²) in [5.41, 5.74) is 8.81. The molecule has 1 fully saturated rings. The highest BCUT2D eigenvalue weighted by Crippen LogP contribution is 2.33. The van der Waals surface area contributed by atoms with Crippen LogP contribution in [0, 0.1) is 13.8 Å². The molecule has 120 valence electrons. The lowest BCUT2D eigenvalue weighted by atomic mass is 9.90. The van der Waals surface area contributed by atoms with E-state index in [1.54, 1.807) is 6.92 Å². The molecule has 1 aromatic rings. The van der Waals surface area contributed by atoms with E-state index in [0.717, 1.165) is 25.8 Å². The molecule has 1 aliphatic rings. The number of urea groups is 1. The second kappa shape index (κ2) is 6.81. The zero-order valence-corrected chi connectivity index (χ0v) is 13.6. The molecule has 1 saturated heterocycles. The number of likely N-dealkylation sites (tertiary alicyclic amines) is 1. The van der Waals surface area contributed by atoms with Crippen LogP contribution in [0.5, 0.6) is 0 Å². The van der Waals surface area contributed by atoms with Gasteiger partial charge in [0.25, 0.3) is 0 Å². The molecule has 1 heterocycles. The van der Waals surface area contributed by atoms with Crippen LogP contribution < -0.4 is 11.1 Å². The van der Waals surface area contributed by atoms with Gasteiger partial charge in [0, 0.05) is 6.54 Å². The van der Waals surface area contributed by atoms with Gasteiger partial charge in [0.1, 0.15) is 6.04 Å². The number of piperidine rings is 1. The fourth-order valence-electron chi connectivity index (χ4n) is 3.18. The lowest BCUT2D eigenvalue weighted by Gasteiger charge is -2.38. The SMILES string of the molecule is Cc1cccc([C@@H]2CCCCN2C(=O)[C@H](C)NC(N)=O)c1C. The van der Waals surface area contributed by atoms with Gasteiger partial charge in [0.05, 0.1) is 6.04 Å². The van der Waals surface area contributed by atoms with E-state index in [1.807, 2.05) is 11.0 Å². The second-order valence-electron chi connectivity index (χ2n) is 6.06. The van der Waals surface area contributed by atoms with Crippen LogP contribution in [0.4, 0.5) is 4.79 Å². The number of aryl methyl sites for hydroxylation is 1. The molecule has 0 spiro atoms. The zero-order chi connectivity index (χ0) is 16.3. The van der Waals surface area contributed by atoms with Gasteiger partial charge >= 0.3 is 6.03 Å². The highest BCUT2D eigenvalue weighted by atomic mass is 16.2. The third-order valence-electron chi connectivity index (χ3n) is 4.52. The van der Waals surface area contributed by atoms with E-state index >= 15 is 0 Å². The van der Waals surface area contributed by atoms with Gasteiger partial charge in [-0.15, -0.1) is 0 Å². The summed E-state index contributed by atoms with van der Waals surface area (Å²) in [6.07, 6.45) is 3.06. The maximum Gasteiger partial charge on any atom is 0.312 e. The number of amides is 3. The van der Waals surface area contributed by atoms with Crippen LogP contribution in [-0.4, -0.2) is 29.4 Å². The summed E-state index contributed by atoms with van der Waals surface area (Å²) in [6.45, 7) is 6.60. The van der Waals surface area contributed by atoms with Crippen molar-refractivity contribution in [2.75, 3.05) is 6.54 Å². The first-order valence-electron chi connectivity index (χ1n) is 7.84. The Bertz CT molecular complexity index is 571. The number of carbonyl (C=O) groups is 2. The van der Waals surface area contributed by atoms with E-state index in [-0.39, 0.29) is 11.9 Å². The lowest BCUT2D eigenvalue weighted by molar-refractivity contribution is -0.136. The molecule has 2 atom stereocenters. The summed E-state index contributed by atoms with van der Waals surface area (Å²) < 4.78 is 0. The van der Waals surface area contributed by atoms with Crippen molar-refractivity contribution >= 4 is 11.9 Å². The van der Waals surface area contributed by atoms with Gasteiger partial charge in [-0.3, -0.25) is 4.79 Å². The molecular formula is C17H25N3O2. The predicted octanol–water partition coefficient (Wildman–Crippen LogP) is 2.41. The molecule has 0 radical (unpaired) electrons. The Hall–Kier alpha value is -2.04. The standard InChI is InChI=1S/C17H25N3O2/c1-11-7-6-8-14(12(11)2)15-9-4-5-10-20(15)16(21)13(3)19-17(18)22/h6-8,13,15H,4-5,9-10H2,1-3H3,(H3,18,19,22)/t13-,15-/m0/s1. The number of hydrogen-bond acceptors (Lipinski definition) is 2. The number of hydrogen-bond donors (Lipinski definition) is 2. The number of nitrogens with one attached hydrogen (secondary N) is 1. The Morgan fingerprint density at radius 3 is 2.73 bits per heavy atom. The van der Waals surface area contributed by atoms with E-state index in [2.05, 4.69) is 31.3 Å². The van der Waals surface area contributed by atoms with E-state index in [9.17, 15) is 9.59 Å². The molecule has 0 bridgehead atoms. The topological polar surface area (TPSA) is 75.4 Å². The maximum atomic E-state index is 12.7. The molecule has 22 heavy (non-hydrogen) atoms. The number of nitrogens with two attached hydrogens (primary N) is 1. The molecule has 0 unspecified atom stereocenters. The van der Waals surface area contributed by atoms with Crippen molar-refractivity contribution < 1.29 is 9.59 Å². The summed E-state index contributed by atoms with van der Waals surface area (Å²) in [5, 5.41) is 2.49. The average molecular weight is 303 g/mol. The minimum atomic E-state index is -0.666.